The number of fused-ring (bicyclic) bond motifs is 1. The summed E-state index contributed by atoms with van der Waals surface area (Å²) in [6.07, 6.45) is 4.14. The average molecular weight is 270 g/mol. The Morgan fingerprint density at radius 1 is 1.30 bits per heavy atom. The van der Waals surface area contributed by atoms with Gasteiger partial charge in [0.1, 0.15) is 0 Å². The predicted octanol–water partition coefficient (Wildman–Crippen LogP) is 2.79. The number of rotatable bonds is 3. The molecule has 1 aliphatic heterocycles. The fourth-order valence-corrected chi connectivity index (χ4v) is 4.19. The SMILES string of the molecule is CC1CNC(C)(C2CC2)CN1CC1Cc2ccccc21. The standard InChI is InChI=1S/C18H26N2/c1-13-10-19-18(2,16-7-8-16)12-20(13)11-15-9-14-5-3-4-6-17(14)15/h3-6,13,15-16,19H,7-12H2,1-2H3. The first-order valence-corrected chi connectivity index (χ1v) is 8.22. The zero-order chi connectivity index (χ0) is 13.7. The zero-order valence-electron chi connectivity index (χ0n) is 12.7. The minimum atomic E-state index is 0.371. The molecule has 20 heavy (non-hydrogen) atoms. The second-order valence-corrected chi connectivity index (χ2v) is 7.45. The van der Waals surface area contributed by atoms with Gasteiger partial charge in [0.05, 0.1) is 0 Å². The van der Waals surface area contributed by atoms with Gasteiger partial charge in [0.2, 0.25) is 0 Å². The van der Waals surface area contributed by atoms with E-state index in [2.05, 4.69) is 48.3 Å². The van der Waals surface area contributed by atoms with Crippen LogP contribution in [0.15, 0.2) is 24.3 Å². The molecule has 1 heterocycles. The number of piperazine rings is 1. The van der Waals surface area contributed by atoms with E-state index in [1.54, 1.807) is 11.1 Å². The molecule has 3 atom stereocenters. The lowest BCUT2D eigenvalue weighted by molar-refractivity contribution is 0.0755. The molecular formula is C18H26N2. The molecule has 2 heteroatoms. The highest BCUT2D eigenvalue weighted by Gasteiger charge is 2.45. The van der Waals surface area contributed by atoms with Crippen molar-refractivity contribution < 1.29 is 0 Å². The summed E-state index contributed by atoms with van der Waals surface area (Å²) < 4.78 is 0. The zero-order valence-corrected chi connectivity index (χ0v) is 12.7. The number of hydrogen-bond acceptors (Lipinski definition) is 2. The second kappa shape index (κ2) is 4.57. The van der Waals surface area contributed by atoms with E-state index >= 15 is 0 Å². The fourth-order valence-electron chi connectivity index (χ4n) is 4.19. The van der Waals surface area contributed by atoms with Gasteiger partial charge in [-0.15, -0.1) is 0 Å². The van der Waals surface area contributed by atoms with Crippen molar-refractivity contribution >= 4 is 0 Å². The highest BCUT2D eigenvalue weighted by Crippen LogP contribution is 2.42. The summed E-state index contributed by atoms with van der Waals surface area (Å²) in [4.78, 5) is 2.75. The fraction of sp³-hybridized carbons (Fsp3) is 0.667. The molecule has 0 amide bonds. The first-order valence-electron chi connectivity index (χ1n) is 8.22. The van der Waals surface area contributed by atoms with Crippen molar-refractivity contribution in [2.45, 2.75) is 50.6 Å². The molecule has 0 radical (unpaired) electrons. The summed E-state index contributed by atoms with van der Waals surface area (Å²) in [5.74, 6) is 1.70. The predicted molar refractivity (Wildman–Crippen MR) is 83.1 cm³/mol. The molecule has 3 unspecified atom stereocenters. The van der Waals surface area contributed by atoms with Crippen LogP contribution in [0.4, 0.5) is 0 Å². The molecule has 1 N–H and O–H groups in total. The lowest BCUT2D eigenvalue weighted by atomic mass is 9.77. The topological polar surface area (TPSA) is 15.3 Å². The molecule has 1 aromatic rings. The van der Waals surface area contributed by atoms with E-state index in [0.717, 1.165) is 18.4 Å². The maximum Gasteiger partial charge on any atom is 0.0309 e. The van der Waals surface area contributed by atoms with Gasteiger partial charge in [-0.1, -0.05) is 24.3 Å². The van der Waals surface area contributed by atoms with E-state index in [0.29, 0.717) is 11.6 Å². The summed E-state index contributed by atoms with van der Waals surface area (Å²) in [6, 6.07) is 9.67. The van der Waals surface area contributed by atoms with Gasteiger partial charge in [0, 0.05) is 37.1 Å². The van der Waals surface area contributed by atoms with Crippen LogP contribution in [-0.2, 0) is 6.42 Å². The second-order valence-electron chi connectivity index (χ2n) is 7.45. The van der Waals surface area contributed by atoms with Crippen molar-refractivity contribution in [1.82, 2.24) is 10.2 Å². The lowest BCUT2D eigenvalue weighted by Gasteiger charge is -2.48. The maximum absolute atomic E-state index is 3.82. The first-order chi connectivity index (χ1) is 9.66. The first kappa shape index (κ1) is 12.8. The van der Waals surface area contributed by atoms with Gasteiger partial charge in [-0.25, -0.2) is 0 Å². The Hall–Kier alpha value is -0.860. The number of benzene rings is 1. The van der Waals surface area contributed by atoms with E-state index in [1.165, 1.54) is 32.4 Å². The monoisotopic (exact) mass is 270 g/mol. The van der Waals surface area contributed by atoms with Crippen LogP contribution in [0.1, 0.15) is 43.7 Å². The van der Waals surface area contributed by atoms with Crippen LogP contribution >= 0.6 is 0 Å². The van der Waals surface area contributed by atoms with E-state index < -0.39 is 0 Å². The lowest BCUT2D eigenvalue weighted by Crippen LogP contribution is -2.63. The molecule has 1 aromatic carbocycles. The molecule has 1 saturated heterocycles. The third-order valence-corrected chi connectivity index (χ3v) is 5.85. The van der Waals surface area contributed by atoms with Crippen LogP contribution in [0.3, 0.4) is 0 Å². The Kier molecular flexibility index (Phi) is 2.94. The van der Waals surface area contributed by atoms with Gasteiger partial charge in [-0.05, 0) is 50.2 Å². The van der Waals surface area contributed by atoms with Crippen molar-refractivity contribution in [2.75, 3.05) is 19.6 Å². The number of nitrogens with one attached hydrogen (secondary N) is 1. The molecule has 0 spiro atoms. The van der Waals surface area contributed by atoms with Crippen molar-refractivity contribution in [3.8, 4) is 0 Å². The van der Waals surface area contributed by atoms with Gasteiger partial charge in [0.15, 0.2) is 0 Å². The van der Waals surface area contributed by atoms with Gasteiger partial charge >= 0.3 is 0 Å². The minimum Gasteiger partial charge on any atom is -0.308 e. The molecule has 1 saturated carbocycles. The highest BCUT2D eigenvalue weighted by molar-refractivity contribution is 5.40. The Morgan fingerprint density at radius 2 is 2.10 bits per heavy atom. The van der Waals surface area contributed by atoms with E-state index in [4.69, 9.17) is 0 Å². The van der Waals surface area contributed by atoms with E-state index in [9.17, 15) is 0 Å². The van der Waals surface area contributed by atoms with Crippen LogP contribution in [0, 0.1) is 5.92 Å². The Bertz CT molecular complexity index is 508. The number of hydrogen-bond donors (Lipinski definition) is 1. The third kappa shape index (κ3) is 2.10. The van der Waals surface area contributed by atoms with Crippen molar-refractivity contribution in [3.05, 3.63) is 35.4 Å². The Labute approximate surface area is 122 Å². The smallest absolute Gasteiger partial charge is 0.0309 e. The summed E-state index contributed by atoms with van der Waals surface area (Å²) in [6.45, 7) is 8.46. The maximum atomic E-state index is 3.82. The largest absolute Gasteiger partial charge is 0.308 e. The summed E-state index contributed by atoms with van der Waals surface area (Å²) in [5, 5.41) is 3.82. The average Bonchev–Trinajstić information content (AvgIpc) is 3.25. The molecule has 4 rings (SSSR count). The van der Waals surface area contributed by atoms with E-state index in [1.807, 2.05) is 0 Å². The Morgan fingerprint density at radius 3 is 2.85 bits per heavy atom. The minimum absolute atomic E-state index is 0.371. The van der Waals surface area contributed by atoms with Crippen LogP contribution in [0.25, 0.3) is 0 Å². The summed E-state index contributed by atoms with van der Waals surface area (Å²) >= 11 is 0. The van der Waals surface area contributed by atoms with Crippen LogP contribution in [0.2, 0.25) is 0 Å². The summed E-state index contributed by atoms with van der Waals surface area (Å²) in [5.41, 5.74) is 3.55. The van der Waals surface area contributed by atoms with Gasteiger partial charge in [-0.3, -0.25) is 4.90 Å². The normalized spacial score (nSPS) is 37.3. The quantitative estimate of drug-likeness (QED) is 0.908. The molecule has 0 aromatic heterocycles. The summed E-state index contributed by atoms with van der Waals surface area (Å²) in [7, 11) is 0. The molecular weight excluding hydrogens is 244 g/mol. The molecule has 2 aliphatic carbocycles. The highest BCUT2D eigenvalue weighted by atomic mass is 15.3. The van der Waals surface area contributed by atoms with Crippen molar-refractivity contribution in [1.29, 1.82) is 0 Å². The third-order valence-electron chi connectivity index (χ3n) is 5.85. The number of nitrogens with zero attached hydrogens (tertiary/aromatic N) is 1. The van der Waals surface area contributed by atoms with Crippen LogP contribution in [-0.4, -0.2) is 36.1 Å². The van der Waals surface area contributed by atoms with Crippen LogP contribution < -0.4 is 5.32 Å². The molecule has 3 aliphatic rings. The molecule has 0 bridgehead atoms. The molecule has 2 nitrogen and oxygen atoms in total. The van der Waals surface area contributed by atoms with E-state index in [-0.39, 0.29) is 0 Å². The van der Waals surface area contributed by atoms with Crippen molar-refractivity contribution in [2.24, 2.45) is 5.92 Å². The molecule has 108 valence electrons. The van der Waals surface area contributed by atoms with Crippen LogP contribution in [0.5, 0.6) is 0 Å². The Balaban J connectivity index is 1.45. The molecule has 2 fully saturated rings. The van der Waals surface area contributed by atoms with Crippen molar-refractivity contribution in [3.63, 3.8) is 0 Å². The van der Waals surface area contributed by atoms with Gasteiger partial charge < -0.3 is 5.32 Å². The van der Waals surface area contributed by atoms with Gasteiger partial charge in [0.25, 0.3) is 0 Å². The van der Waals surface area contributed by atoms with Gasteiger partial charge in [-0.2, -0.15) is 0 Å².